The van der Waals surface area contributed by atoms with Crippen molar-refractivity contribution in [2.45, 2.75) is 32.4 Å². The Balaban J connectivity index is 1.98. The monoisotopic (exact) mass is 344 g/mol. The van der Waals surface area contributed by atoms with E-state index in [4.69, 9.17) is 9.73 Å². The number of benzene rings is 1. The summed E-state index contributed by atoms with van der Waals surface area (Å²) in [5.41, 5.74) is 1.08. The summed E-state index contributed by atoms with van der Waals surface area (Å²) < 4.78 is 5.71. The van der Waals surface area contributed by atoms with Crippen molar-refractivity contribution in [2.75, 3.05) is 33.8 Å². The second kappa shape index (κ2) is 10.1. The highest BCUT2D eigenvalue weighted by molar-refractivity contribution is 5.79. The third kappa shape index (κ3) is 6.42. The van der Waals surface area contributed by atoms with Crippen LogP contribution in [0.2, 0.25) is 0 Å². The largest absolute Gasteiger partial charge is 0.489 e. The van der Waals surface area contributed by atoms with Gasteiger partial charge in [0.15, 0.2) is 5.96 Å². The van der Waals surface area contributed by atoms with Gasteiger partial charge in [-0.2, -0.15) is 0 Å². The standard InChI is InChI=1S/C20H32N4O/c1-5-13-25-19-10-8-7-9-17(19)14-22-20(21-6-2)23-15-18(24(3)4)16-11-12-16/h5,7-10,16,18H,1,6,11-15H2,2-4H3,(H2,21,22,23). The lowest BCUT2D eigenvalue weighted by atomic mass is 10.1. The van der Waals surface area contributed by atoms with Crippen molar-refractivity contribution in [3.05, 3.63) is 42.5 Å². The van der Waals surface area contributed by atoms with E-state index in [-0.39, 0.29) is 0 Å². The van der Waals surface area contributed by atoms with Crippen LogP contribution >= 0.6 is 0 Å². The summed E-state index contributed by atoms with van der Waals surface area (Å²) in [5.74, 6) is 2.54. The third-order valence-electron chi connectivity index (χ3n) is 4.39. The van der Waals surface area contributed by atoms with Crippen LogP contribution in [0.15, 0.2) is 41.9 Å². The average molecular weight is 345 g/mol. The van der Waals surface area contributed by atoms with E-state index >= 15 is 0 Å². The minimum atomic E-state index is 0.505. The van der Waals surface area contributed by atoms with Crippen LogP contribution in [0.4, 0.5) is 0 Å². The topological polar surface area (TPSA) is 48.9 Å². The Kier molecular flexibility index (Phi) is 7.79. The van der Waals surface area contributed by atoms with Crippen LogP contribution in [-0.2, 0) is 6.54 Å². The van der Waals surface area contributed by atoms with Gasteiger partial charge in [-0.1, -0.05) is 30.9 Å². The highest BCUT2D eigenvalue weighted by atomic mass is 16.5. The molecule has 1 atom stereocenters. The first-order valence-corrected chi connectivity index (χ1v) is 9.15. The van der Waals surface area contributed by atoms with Gasteiger partial charge in [-0.15, -0.1) is 0 Å². The maximum Gasteiger partial charge on any atom is 0.191 e. The van der Waals surface area contributed by atoms with E-state index in [1.807, 2.05) is 18.2 Å². The fraction of sp³-hybridized carbons (Fsp3) is 0.550. The van der Waals surface area contributed by atoms with Gasteiger partial charge in [0.1, 0.15) is 12.4 Å². The lowest BCUT2D eigenvalue weighted by Gasteiger charge is -2.25. The molecule has 0 bridgehead atoms. The molecule has 1 unspecified atom stereocenters. The van der Waals surface area contributed by atoms with Crippen LogP contribution in [-0.4, -0.2) is 50.7 Å². The van der Waals surface area contributed by atoms with Crippen molar-refractivity contribution in [2.24, 2.45) is 10.9 Å². The SMILES string of the molecule is C=CCOc1ccccc1CN=C(NCC)NCC(C1CC1)N(C)C. The molecule has 0 heterocycles. The first kappa shape index (κ1) is 19.3. The Morgan fingerprint density at radius 3 is 2.76 bits per heavy atom. The third-order valence-corrected chi connectivity index (χ3v) is 4.39. The minimum absolute atomic E-state index is 0.505. The Morgan fingerprint density at radius 1 is 1.36 bits per heavy atom. The van der Waals surface area contributed by atoms with E-state index < -0.39 is 0 Å². The molecule has 2 rings (SSSR count). The number of para-hydroxylation sites is 1. The van der Waals surface area contributed by atoms with Crippen molar-refractivity contribution < 1.29 is 4.74 Å². The lowest BCUT2D eigenvalue weighted by Crippen LogP contribution is -2.46. The van der Waals surface area contributed by atoms with Crippen molar-refractivity contribution in [3.8, 4) is 5.75 Å². The molecular formula is C20H32N4O. The zero-order valence-corrected chi connectivity index (χ0v) is 15.8. The summed E-state index contributed by atoms with van der Waals surface area (Å²) in [4.78, 5) is 7.05. The van der Waals surface area contributed by atoms with Gasteiger partial charge in [0.05, 0.1) is 6.54 Å². The van der Waals surface area contributed by atoms with E-state index in [1.165, 1.54) is 12.8 Å². The molecule has 1 aromatic carbocycles. The molecule has 5 heteroatoms. The molecule has 1 aromatic rings. The van der Waals surface area contributed by atoms with Gasteiger partial charge >= 0.3 is 0 Å². The quantitative estimate of drug-likeness (QED) is 0.389. The zero-order valence-electron chi connectivity index (χ0n) is 15.8. The van der Waals surface area contributed by atoms with Gasteiger partial charge in [-0.25, -0.2) is 4.99 Å². The number of aliphatic imine (C=N–C) groups is 1. The van der Waals surface area contributed by atoms with E-state index in [1.54, 1.807) is 6.08 Å². The average Bonchev–Trinajstić information content (AvgIpc) is 3.43. The molecule has 1 aliphatic rings. The van der Waals surface area contributed by atoms with Gasteiger partial charge in [0, 0.05) is 24.7 Å². The highest BCUT2D eigenvalue weighted by Gasteiger charge is 2.32. The molecule has 138 valence electrons. The maximum absolute atomic E-state index is 5.71. The van der Waals surface area contributed by atoms with E-state index in [9.17, 15) is 0 Å². The molecule has 0 spiro atoms. The number of rotatable bonds is 10. The first-order chi connectivity index (χ1) is 12.2. The van der Waals surface area contributed by atoms with Crippen molar-refractivity contribution in [1.29, 1.82) is 0 Å². The molecule has 1 aliphatic carbocycles. The number of likely N-dealkylation sites (N-methyl/N-ethyl adjacent to an activating group) is 1. The number of hydrogen-bond acceptors (Lipinski definition) is 3. The molecule has 2 N–H and O–H groups in total. The lowest BCUT2D eigenvalue weighted by molar-refractivity contribution is 0.264. The summed E-state index contributed by atoms with van der Waals surface area (Å²) in [6, 6.07) is 8.59. The van der Waals surface area contributed by atoms with Crippen LogP contribution in [0, 0.1) is 5.92 Å². The van der Waals surface area contributed by atoms with Crippen molar-refractivity contribution in [3.63, 3.8) is 0 Å². The first-order valence-electron chi connectivity index (χ1n) is 9.15. The summed E-state index contributed by atoms with van der Waals surface area (Å²) >= 11 is 0. The van der Waals surface area contributed by atoms with Crippen LogP contribution in [0.5, 0.6) is 5.75 Å². The molecule has 1 fully saturated rings. The van der Waals surface area contributed by atoms with E-state index in [0.717, 1.165) is 36.3 Å². The maximum atomic E-state index is 5.71. The molecule has 0 aromatic heterocycles. The predicted molar refractivity (Wildman–Crippen MR) is 105 cm³/mol. The zero-order chi connectivity index (χ0) is 18.1. The molecule has 0 radical (unpaired) electrons. The number of nitrogens with zero attached hydrogens (tertiary/aromatic N) is 2. The van der Waals surface area contributed by atoms with Crippen molar-refractivity contribution >= 4 is 5.96 Å². The van der Waals surface area contributed by atoms with Crippen LogP contribution < -0.4 is 15.4 Å². The fourth-order valence-electron chi connectivity index (χ4n) is 2.88. The fourth-order valence-corrected chi connectivity index (χ4v) is 2.88. The second-order valence-corrected chi connectivity index (χ2v) is 6.65. The predicted octanol–water partition coefficient (Wildman–Crippen LogP) is 2.65. The smallest absolute Gasteiger partial charge is 0.191 e. The van der Waals surface area contributed by atoms with Crippen molar-refractivity contribution in [1.82, 2.24) is 15.5 Å². The number of nitrogens with one attached hydrogen (secondary N) is 2. The van der Waals surface area contributed by atoms with Gasteiger partial charge in [-0.05, 0) is 45.8 Å². The summed E-state index contributed by atoms with van der Waals surface area (Å²) in [6.07, 6.45) is 4.43. The van der Waals surface area contributed by atoms with Gasteiger partial charge in [-0.3, -0.25) is 0 Å². The normalized spacial score (nSPS) is 15.8. The molecule has 0 saturated heterocycles. The van der Waals surface area contributed by atoms with Crippen LogP contribution in [0.25, 0.3) is 0 Å². The highest BCUT2D eigenvalue weighted by Crippen LogP contribution is 2.34. The van der Waals surface area contributed by atoms with Gasteiger partial charge in [0.2, 0.25) is 0 Å². The molecule has 5 nitrogen and oxygen atoms in total. The van der Waals surface area contributed by atoms with Crippen LogP contribution in [0.3, 0.4) is 0 Å². The Labute approximate surface area is 152 Å². The molecule has 25 heavy (non-hydrogen) atoms. The molecule has 0 amide bonds. The Bertz CT molecular complexity index is 565. The van der Waals surface area contributed by atoms with E-state index in [2.05, 4.69) is 49.2 Å². The minimum Gasteiger partial charge on any atom is -0.489 e. The van der Waals surface area contributed by atoms with E-state index in [0.29, 0.717) is 19.2 Å². The Hall–Kier alpha value is -2.01. The number of guanidine groups is 1. The summed E-state index contributed by atoms with van der Waals surface area (Å²) in [5, 5.41) is 6.83. The van der Waals surface area contributed by atoms with Crippen LogP contribution in [0.1, 0.15) is 25.3 Å². The van der Waals surface area contributed by atoms with Gasteiger partial charge < -0.3 is 20.3 Å². The number of hydrogen-bond donors (Lipinski definition) is 2. The summed E-state index contributed by atoms with van der Waals surface area (Å²) in [7, 11) is 4.31. The second-order valence-electron chi connectivity index (χ2n) is 6.65. The summed E-state index contributed by atoms with van der Waals surface area (Å²) in [6.45, 7) is 8.63. The molecular weight excluding hydrogens is 312 g/mol. The van der Waals surface area contributed by atoms with Gasteiger partial charge in [0.25, 0.3) is 0 Å². The molecule has 1 saturated carbocycles. The molecule has 0 aliphatic heterocycles. The number of ether oxygens (including phenoxy) is 1. The Morgan fingerprint density at radius 2 is 2.12 bits per heavy atom.